The molecule has 0 radical (unpaired) electrons. The first-order valence-electron chi connectivity index (χ1n) is 8.83. The van der Waals surface area contributed by atoms with Gasteiger partial charge < -0.3 is 0 Å². The van der Waals surface area contributed by atoms with Crippen LogP contribution in [0.25, 0.3) is 0 Å². The monoisotopic (exact) mass is 314 g/mol. The van der Waals surface area contributed by atoms with Crippen LogP contribution in [0.15, 0.2) is 24.3 Å². The molecule has 4 nitrogen and oxygen atoms in total. The summed E-state index contributed by atoms with van der Waals surface area (Å²) < 4.78 is 0. The number of hydrogen-bond donors (Lipinski definition) is 0. The molecule has 1 aromatic carbocycles. The van der Waals surface area contributed by atoms with E-state index in [0.717, 1.165) is 56.2 Å². The minimum atomic E-state index is -0.641. The predicted octanol–water partition coefficient (Wildman–Crippen LogP) is 4.27. The molecule has 1 spiro atoms. The van der Waals surface area contributed by atoms with Crippen LogP contribution in [0.5, 0.6) is 0 Å². The van der Waals surface area contributed by atoms with Crippen LogP contribution in [0, 0.1) is 6.92 Å². The van der Waals surface area contributed by atoms with Gasteiger partial charge in [-0.3, -0.25) is 14.6 Å². The normalized spacial score (nSPS) is 20.6. The van der Waals surface area contributed by atoms with E-state index in [9.17, 15) is 9.59 Å². The van der Waals surface area contributed by atoms with Gasteiger partial charge in [-0.25, -0.2) is 4.79 Å². The Morgan fingerprint density at radius 2 is 1.70 bits per heavy atom. The summed E-state index contributed by atoms with van der Waals surface area (Å²) >= 11 is 0. The SMILES string of the molecule is CCCCN1C(=O)N(c2ccc(C)cc2)C2(CCCCC2)C1=O. The number of urea groups is 1. The molecule has 0 bridgehead atoms. The molecule has 1 saturated heterocycles. The van der Waals surface area contributed by atoms with Gasteiger partial charge in [-0.15, -0.1) is 0 Å². The lowest BCUT2D eigenvalue weighted by Crippen LogP contribution is -2.51. The smallest absolute Gasteiger partial charge is 0.279 e. The van der Waals surface area contributed by atoms with Crippen molar-refractivity contribution in [3.8, 4) is 0 Å². The van der Waals surface area contributed by atoms with E-state index in [-0.39, 0.29) is 11.9 Å². The van der Waals surface area contributed by atoms with Crippen molar-refractivity contribution < 1.29 is 9.59 Å². The Morgan fingerprint density at radius 3 is 2.30 bits per heavy atom. The number of hydrogen-bond acceptors (Lipinski definition) is 2. The number of benzene rings is 1. The predicted molar refractivity (Wildman–Crippen MR) is 91.5 cm³/mol. The van der Waals surface area contributed by atoms with E-state index in [1.165, 1.54) is 4.90 Å². The summed E-state index contributed by atoms with van der Waals surface area (Å²) in [6, 6.07) is 7.84. The zero-order valence-electron chi connectivity index (χ0n) is 14.2. The van der Waals surface area contributed by atoms with E-state index in [1.54, 1.807) is 4.90 Å². The van der Waals surface area contributed by atoms with Crippen LogP contribution in [0.1, 0.15) is 57.4 Å². The summed E-state index contributed by atoms with van der Waals surface area (Å²) in [6.07, 6.45) is 6.61. The molecule has 3 rings (SSSR count). The molecule has 1 aromatic rings. The minimum absolute atomic E-state index is 0.0243. The van der Waals surface area contributed by atoms with Crippen molar-refractivity contribution in [2.75, 3.05) is 11.4 Å². The summed E-state index contributed by atoms with van der Waals surface area (Å²) in [6.45, 7) is 4.65. The van der Waals surface area contributed by atoms with Crippen molar-refractivity contribution in [2.24, 2.45) is 0 Å². The van der Waals surface area contributed by atoms with Crippen LogP contribution in [-0.2, 0) is 4.79 Å². The highest BCUT2D eigenvalue weighted by molar-refractivity contribution is 6.16. The van der Waals surface area contributed by atoms with E-state index in [2.05, 4.69) is 6.92 Å². The molecule has 0 unspecified atom stereocenters. The number of amides is 3. The van der Waals surface area contributed by atoms with Gasteiger partial charge in [0.05, 0.1) is 0 Å². The van der Waals surface area contributed by atoms with Gasteiger partial charge in [0.2, 0.25) is 0 Å². The Bertz CT molecular complexity index is 588. The van der Waals surface area contributed by atoms with Crippen molar-refractivity contribution >= 4 is 17.6 Å². The molecule has 2 fully saturated rings. The van der Waals surface area contributed by atoms with E-state index in [4.69, 9.17) is 0 Å². The first-order valence-corrected chi connectivity index (χ1v) is 8.83. The molecule has 3 amide bonds. The fourth-order valence-corrected chi connectivity index (χ4v) is 3.88. The zero-order chi connectivity index (χ0) is 16.4. The first-order chi connectivity index (χ1) is 11.1. The van der Waals surface area contributed by atoms with Crippen LogP contribution in [0.2, 0.25) is 0 Å². The molecule has 0 atom stereocenters. The summed E-state index contributed by atoms with van der Waals surface area (Å²) in [4.78, 5) is 29.4. The Balaban J connectivity index is 2.00. The molecule has 1 aliphatic heterocycles. The summed E-state index contributed by atoms with van der Waals surface area (Å²) in [5.74, 6) is 0.0243. The molecular formula is C19H26N2O2. The van der Waals surface area contributed by atoms with Crippen molar-refractivity contribution in [3.05, 3.63) is 29.8 Å². The number of carbonyl (C=O) groups is 2. The van der Waals surface area contributed by atoms with Crippen LogP contribution in [0.4, 0.5) is 10.5 Å². The van der Waals surface area contributed by atoms with Crippen molar-refractivity contribution in [2.45, 2.75) is 64.3 Å². The number of nitrogens with zero attached hydrogens (tertiary/aromatic N) is 2. The van der Waals surface area contributed by atoms with Gasteiger partial charge in [0.1, 0.15) is 5.54 Å². The Hall–Kier alpha value is -1.84. The second-order valence-corrected chi connectivity index (χ2v) is 6.86. The molecule has 124 valence electrons. The van der Waals surface area contributed by atoms with E-state index in [1.807, 2.05) is 31.2 Å². The largest absolute Gasteiger partial charge is 0.332 e. The quantitative estimate of drug-likeness (QED) is 0.779. The molecule has 1 aliphatic carbocycles. The molecule has 2 aliphatic rings. The molecule has 1 saturated carbocycles. The van der Waals surface area contributed by atoms with Crippen molar-refractivity contribution in [1.29, 1.82) is 0 Å². The molecule has 23 heavy (non-hydrogen) atoms. The first kappa shape index (κ1) is 16.0. The highest BCUT2D eigenvalue weighted by Gasteiger charge is 2.57. The van der Waals surface area contributed by atoms with Gasteiger partial charge in [0.15, 0.2) is 0 Å². The number of rotatable bonds is 4. The highest BCUT2D eigenvalue weighted by Crippen LogP contribution is 2.43. The standard InChI is InChI=1S/C19H26N2O2/c1-3-4-14-20-17(22)19(12-6-5-7-13-19)21(18(20)23)16-10-8-15(2)9-11-16/h8-11H,3-7,12-14H2,1-2H3. The number of unbranched alkanes of at least 4 members (excludes halogenated alkanes) is 1. The van der Waals surface area contributed by atoms with Crippen LogP contribution in [-0.4, -0.2) is 28.9 Å². The van der Waals surface area contributed by atoms with Crippen molar-refractivity contribution in [1.82, 2.24) is 4.90 Å². The van der Waals surface area contributed by atoms with Crippen LogP contribution in [0.3, 0.4) is 0 Å². The van der Waals surface area contributed by atoms with E-state index >= 15 is 0 Å². The van der Waals surface area contributed by atoms with Gasteiger partial charge in [-0.05, 0) is 38.3 Å². The average molecular weight is 314 g/mol. The minimum Gasteiger partial charge on any atom is -0.279 e. The Morgan fingerprint density at radius 1 is 1.04 bits per heavy atom. The molecule has 0 N–H and O–H groups in total. The Labute approximate surface area is 138 Å². The van der Waals surface area contributed by atoms with Crippen molar-refractivity contribution in [3.63, 3.8) is 0 Å². The van der Waals surface area contributed by atoms with Gasteiger partial charge in [-0.2, -0.15) is 0 Å². The Kier molecular flexibility index (Phi) is 4.42. The van der Waals surface area contributed by atoms with Gasteiger partial charge in [-0.1, -0.05) is 50.3 Å². The summed E-state index contributed by atoms with van der Waals surface area (Å²) in [7, 11) is 0. The highest BCUT2D eigenvalue weighted by atomic mass is 16.2. The topological polar surface area (TPSA) is 40.6 Å². The molecular weight excluding hydrogens is 288 g/mol. The number of imide groups is 1. The van der Waals surface area contributed by atoms with Crippen LogP contribution >= 0.6 is 0 Å². The van der Waals surface area contributed by atoms with E-state index in [0.29, 0.717) is 6.54 Å². The second kappa shape index (κ2) is 6.34. The lowest BCUT2D eigenvalue weighted by Gasteiger charge is -2.38. The fourth-order valence-electron chi connectivity index (χ4n) is 3.88. The maximum Gasteiger partial charge on any atom is 0.332 e. The third-order valence-electron chi connectivity index (χ3n) is 5.20. The zero-order valence-corrected chi connectivity index (χ0v) is 14.2. The second-order valence-electron chi connectivity index (χ2n) is 6.86. The maximum atomic E-state index is 13.1. The maximum absolute atomic E-state index is 13.1. The fraction of sp³-hybridized carbons (Fsp3) is 0.579. The van der Waals surface area contributed by atoms with Crippen LogP contribution < -0.4 is 4.90 Å². The van der Waals surface area contributed by atoms with Gasteiger partial charge in [0, 0.05) is 12.2 Å². The number of carbonyl (C=O) groups excluding carboxylic acids is 2. The average Bonchev–Trinajstić information content (AvgIpc) is 2.75. The molecule has 1 heterocycles. The lowest BCUT2D eigenvalue weighted by atomic mass is 9.80. The summed E-state index contributed by atoms with van der Waals surface area (Å²) in [5.41, 5.74) is 1.38. The molecule has 0 aromatic heterocycles. The lowest BCUT2D eigenvalue weighted by molar-refractivity contribution is -0.131. The third kappa shape index (κ3) is 2.64. The number of anilines is 1. The molecule has 4 heteroatoms. The van der Waals surface area contributed by atoms with E-state index < -0.39 is 5.54 Å². The third-order valence-corrected chi connectivity index (χ3v) is 5.20. The summed E-state index contributed by atoms with van der Waals surface area (Å²) in [5, 5.41) is 0. The van der Waals surface area contributed by atoms with Gasteiger partial charge in [0.25, 0.3) is 5.91 Å². The van der Waals surface area contributed by atoms with Gasteiger partial charge >= 0.3 is 6.03 Å². The number of aryl methyl sites for hydroxylation is 1.